The molecule has 0 rings (SSSR count). The number of hydrogen-bond donors (Lipinski definition) is 0. The van der Waals surface area contributed by atoms with E-state index >= 15 is 0 Å². The SMILES string of the molecule is COC(=O)C=CSC#N. The van der Waals surface area contributed by atoms with Gasteiger partial charge in [0.25, 0.3) is 0 Å². The Bertz CT molecular complexity index is 159. The molecule has 0 aromatic heterocycles. The molecule has 0 aliphatic carbocycles. The van der Waals surface area contributed by atoms with E-state index in [4.69, 9.17) is 5.26 Å². The molecule has 0 aromatic carbocycles. The number of thioether (sulfide) groups is 1. The van der Waals surface area contributed by atoms with Crippen LogP contribution in [0.3, 0.4) is 0 Å². The molecule has 9 heavy (non-hydrogen) atoms. The van der Waals surface area contributed by atoms with Crippen LogP contribution in [0, 0.1) is 10.7 Å². The maximum Gasteiger partial charge on any atom is 0.331 e. The Morgan fingerprint density at radius 3 is 3.00 bits per heavy atom. The number of hydrogen-bond acceptors (Lipinski definition) is 4. The molecule has 0 saturated heterocycles. The van der Waals surface area contributed by atoms with Gasteiger partial charge in [0, 0.05) is 6.08 Å². The minimum absolute atomic E-state index is 0.447. The van der Waals surface area contributed by atoms with Gasteiger partial charge >= 0.3 is 5.97 Å². The molecular formula is C5H5NO2S. The first-order chi connectivity index (χ1) is 4.31. The van der Waals surface area contributed by atoms with Crippen molar-refractivity contribution < 1.29 is 9.53 Å². The standard InChI is InChI=1S/C5H5NO2S/c1-8-5(7)2-3-9-4-6/h2-3H,1H3. The third-order valence-corrected chi connectivity index (χ3v) is 0.904. The van der Waals surface area contributed by atoms with Crippen molar-refractivity contribution in [2.45, 2.75) is 0 Å². The summed E-state index contributed by atoms with van der Waals surface area (Å²) in [6.07, 6.45) is 1.19. The smallest absolute Gasteiger partial charge is 0.331 e. The van der Waals surface area contributed by atoms with E-state index in [1.807, 2.05) is 0 Å². The summed E-state index contributed by atoms with van der Waals surface area (Å²) in [6, 6.07) is 0. The predicted molar refractivity (Wildman–Crippen MR) is 34.4 cm³/mol. The lowest BCUT2D eigenvalue weighted by Crippen LogP contribution is -1.92. The number of esters is 1. The summed E-state index contributed by atoms with van der Waals surface area (Å²) in [5.41, 5.74) is 0. The van der Waals surface area contributed by atoms with Crippen molar-refractivity contribution in [3.8, 4) is 5.40 Å². The van der Waals surface area contributed by atoms with Gasteiger partial charge in [0.1, 0.15) is 5.40 Å². The first kappa shape index (κ1) is 8.05. The number of carbonyl (C=O) groups excluding carboxylic acids is 1. The highest BCUT2D eigenvalue weighted by Gasteiger charge is 1.87. The molecule has 0 N–H and O–H groups in total. The van der Waals surface area contributed by atoms with Crippen molar-refractivity contribution in [1.29, 1.82) is 5.26 Å². The summed E-state index contributed by atoms with van der Waals surface area (Å²) in [5, 5.41) is 11.1. The normalized spacial score (nSPS) is 8.89. The molecule has 0 unspecified atom stereocenters. The Balaban J connectivity index is 3.47. The minimum atomic E-state index is -0.447. The molecule has 0 amide bonds. The van der Waals surface area contributed by atoms with Crippen LogP contribution >= 0.6 is 11.8 Å². The average molecular weight is 143 g/mol. The van der Waals surface area contributed by atoms with Crippen molar-refractivity contribution in [3.05, 3.63) is 11.5 Å². The minimum Gasteiger partial charge on any atom is -0.466 e. The van der Waals surface area contributed by atoms with Gasteiger partial charge in [0.15, 0.2) is 0 Å². The number of nitriles is 1. The quantitative estimate of drug-likeness (QED) is 0.327. The highest BCUT2D eigenvalue weighted by Crippen LogP contribution is 1.96. The van der Waals surface area contributed by atoms with Gasteiger partial charge in [-0.05, 0) is 17.2 Å². The van der Waals surface area contributed by atoms with Gasteiger partial charge in [-0.1, -0.05) is 0 Å². The third kappa shape index (κ3) is 4.91. The maximum atomic E-state index is 10.3. The summed E-state index contributed by atoms with van der Waals surface area (Å²) >= 11 is 0.876. The van der Waals surface area contributed by atoms with Crippen molar-refractivity contribution >= 4 is 17.7 Å². The van der Waals surface area contributed by atoms with Crippen molar-refractivity contribution in [1.82, 2.24) is 0 Å². The van der Waals surface area contributed by atoms with E-state index in [1.165, 1.54) is 18.6 Å². The Morgan fingerprint density at radius 1 is 1.89 bits per heavy atom. The molecule has 0 aromatic rings. The van der Waals surface area contributed by atoms with Gasteiger partial charge in [0.05, 0.1) is 7.11 Å². The molecule has 0 atom stereocenters. The number of nitrogens with zero attached hydrogens (tertiary/aromatic N) is 1. The van der Waals surface area contributed by atoms with Gasteiger partial charge in [-0.15, -0.1) is 0 Å². The zero-order valence-corrected chi connectivity index (χ0v) is 5.64. The summed E-state index contributed by atoms with van der Waals surface area (Å²) < 4.78 is 4.25. The van der Waals surface area contributed by atoms with Crippen molar-refractivity contribution in [3.63, 3.8) is 0 Å². The molecule has 0 spiro atoms. The van der Waals surface area contributed by atoms with Gasteiger partial charge in [-0.3, -0.25) is 0 Å². The molecule has 0 aliphatic rings. The van der Waals surface area contributed by atoms with Crippen LogP contribution in [-0.2, 0) is 9.53 Å². The lowest BCUT2D eigenvalue weighted by molar-refractivity contribution is -0.134. The van der Waals surface area contributed by atoms with Crippen LogP contribution < -0.4 is 0 Å². The second kappa shape index (κ2) is 5.19. The number of methoxy groups -OCH3 is 1. The van der Waals surface area contributed by atoms with E-state index in [1.54, 1.807) is 5.40 Å². The van der Waals surface area contributed by atoms with Crippen LogP contribution in [-0.4, -0.2) is 13.1 Å². The van der Waals surface area contributed by atoms with Crippen molar-refractivity contribution in [2.24, 2.45) is 0 Å². The highest BCUT2D eigenvalue weighted by molar-refractivity contribution is 8.06. The molecule has 0 radical (unpaired) electrons. The lowest BCUT2D eigenvalue weighted by Gasteiger charge is -1.85. The van der Waals surface area contributed by atoms with E-state index in [-0.39, 0.29) is 0 Å². The van der Waals surface area contributed by atoms with E-state index in [0.29, 0.717) is 0 Å². The number of thiocyanates is 1. The molecule has 0 fully saturated rings. The van der Waals surface area contributed by atoms with E-state index < -0.39 is 5.97 Å². The van der Waals surface area contributed by atoms with Crippen LogP contribution in [0.1, 0.15) is 0 Å². The number of rotatable bonds is 2. The lowest BCUT2D eigenvalue weighted by atomic mass is 10.7. The second-order valence-electron chi connectivity index (χ2n) is 1.04. The summed E-state index contributed by atoms with van der Waals surface area (Å²) in [6.45, 7) is 0. The molecular weight excluding hydrogens is 138 g/mol. The molecule has 0 saturated carbocycles. The molecule has 4 heteroatoms. The number of ether oxygens (including phenoxy) is 1. The van der Waals surface area contributed by atoms with Crippen molar-refractivity contribution in [2.75, 3.05) is 7.11 Å². The highest BCUT2D eigenvalue weighted by atomic mass is 32.2. The molecule has 0 heterocycles. The van der Waals surface area contributed by atoms with Gasteiger partial charge in [-0.2, -0.15) is 5.26 Å². The molecule has 0 aliphatic heterocycles. The Kier molecular flexibility index (Phi) is 4.64. The summed E-state index contributed by atoms with van der Waals surface area (Å²) in [4.78, 5) is 10.3. The molecule has 0 bridgehead atoms. The van der Waals surface area contributed by atoms with Crippen LogP contribution in [0.15, 0.2) is 11.5 Å². The van der Waals surface area contributed by atoms with E-state index in [0.717, 1.165) is 11.8 Å². The van der Waals surface area contributed by atoms with Gasteiger partial charge in [-0.25, -0.2) is 4.79 Å². The Labute approximate surface area is 57.3 Å². The largest absolute Gasteiger partial charge is 0.466 e. The first-order valence-electron chi connectivity index (χ1n) is 2.10. The first-order valence-corrected chi connectivity index (χ1v) is 2.98. The third-order valence-electron chi connectivity index (χ3n) is 0.526. The van der Waals surface area contributed by atoms with Crippen LogP contribution in [0.4, 0.5) is 0 Å². The fourth-order valence-corrected chi connectivity index (χ4v) is 0.428. The van der Waals surface area contributed by atoms with Crippen LogP contribution in [0.25, 0.3) is 0 Å². The predicted octanol–water partition coefficient (Wildman–Crippen LogP) is 0.887. The Hall–Kier alpha value is -0.950. The summed E-state index contributed by atoms with van der Waals surface area (Å²) in [7, 11) is 1.28. The summed E-state index contributed by atoms with van der Waals surface area (Å²) in [5.74, 6) is -0.447. The van der Waals surface area contributed by atoms with Gasteiger partial charge in [0.2, 0.25) is 0 Å². The fourth-order valence-electron chi connectivity index (χ4n) is 0.188. The number of carbonyl (C=O) groups is 1. The fraction of sp³-hybridized carbons (Fsp3) is 0.200. The van der Waals surface area contributed by atoms with Crippen LogP contribution in [0.5, 0.6) is 0 Å². The second-order valence-corrected chi connectivity index (χ2v) is 1.73. The average Bonchev–Trinajstić information content (AvgIpc) is 1.89. The van der Waals surface area contributed by atoms with E-state index in [9.17, 15) is 4.79 Å². The zero-order chi connectivity index (χ0) is 7.11. The van der Waals surface area contributed by atoms with Crippen LogP contribution in [0.2, 0.25) is 0 Å². The monoisotopic (exact) mass is 143 g/mol. The molecule has 48 valence electrons. The maximum absolute atomic E-state index is 10.3. The Morgan fingerprint density at radius 2 is 2.56 bits per heavy atom. The topological polar surface area (TPSA) is 50.1 Å². The zero-order valence-electron chi connectivity index (χ0n) is 4.83. The van der Waals surface area contributed by atoms with E-state index in [2.05, 4.69) is 4.74 Å². The molecule has 3 nitrogen and oxygen atoms in total. The van der Waals surface area contributed by atoms with Gasteiger partial charge < -0.3 is 4.74 Å².